The number of carbonyl (C=O) groups is 1. The lowest BCUT2D eigenvalue weighted by atomic mass is 10.1. The van der Waals surface area contributed by atoms with E-state index in [9.17, 15) is 13.6 Å². The molecule has 2 N–H and O–H groups in total. The number of carbonyl (C=O) groups excluding carboxylic acids is 1. The van der Waals surface area contributed by atoms with Crippen LogP contribution in [0.25, 0.3) is 0 Å². The van der Waals surface area contributed by atoms with Crippen LogP contribution in [-0.4, -0.2) is 23.5 Å². The fourth-order valence-electron chi connectivity index (χ4n) is 0.572. The maximum Gasteiger partial charge on any atom is 0.329 e. The lowest BCUT2D eigenvalue weighted by Crippen LogP contribution is -2.48. The Hall–Kier alpha value is -0.710. The second-order valence-corrected chi connectivity index (χ2v) is 3.97. The summed E-state index contributed by atoms with van der Waals surface area (Å²) in [5, 5.41) is 0. The SMILES string of the molecule is CC(C)(C)OC(=O)C(N)C(C)(F)F. The van der Waals surface area contributed by atoms with Gasteiger partial charge in [-0.2, -0.15) is 0 Å². The molecule has 0 aromatic heterocycles. The maximum atomic E-state index is 12.5. The van der Waals surface area contributed by atoms with Gasteiger partial charge in [-0.05, 0) is 20.8 Å². The molecule has 0 rings (SSSR count). The molecule has 0 aliphatic rings. The molecular formula is C8H15F2NO2. The van der Waals surface area contributed by atoms with E-state index in [2.05, 4.69) is 4.74 Å². The smallest absolute Gasteiger partial charge is 0.329 e. The summed E-state index contributed by atoms with van der Waals surface area (Å²) in [6.07, 6.45) is 0. The fourth-order valence-corrected chi connectivity index (χ4v) is 0.572. The first-order valence-electron chi connectivity index (χ1n) is 3.90. The minimum Gasteiger partial charge on any atom is -0.459 e. The van der Waals surface area contributed by atoms with E-state index < -0.39 is 23.5 Å². The fraction of sp³-hybridized carbons (Fsp3) is 0.875. The molecule has 0 saturated carbocycles. The van der Waals surface area contributed by atoms with Crippen LogP contribution in [0.15, 0.2) is 0 Å². The Morgan fingerprint density at radius 2 is 1.69 bits per heavy atom. The summed E-state index contributed by atoms with van der Waals surface area (Å²) in [4.78, 5) is 11.0. The van der Waals surface area contributed by atoms with Crippen LogP contribution in [0.1, 0.15) is 27.7 Å². The molecule has 0 amide bonds. The van der Waals surface area contributed by atoms with E-state index in [-0.39, 0.29) is 0 Å². The molecule has 1 unspecified atom stereocenters. The highest BCUT2D eigenvalue weighted by Gasteiger charge is 2.39. The Morgan fingerprint density at radius 3 is 1.92 bits per heavy atom. The summed E-state index contributed by atoms with van der Waals surface area (Å²) in [6, 6.07) is -1.90. The minimum absolute atomic E-state index is 0.585. The third kappa shape index (κ3) is 4.77. The summed E-state index contributed by atoms with van der Waals surface area (Å²) < 4.78 is 29.7. The third-order valence-corrected chi connectivity index (χ3v) is 1.21. The van der Waals surface area contributed by atoms with Crippen LogP contribution in [0.2, 0.25) is 0 Å². The zero-order valence-corrected chi connectivity index (χ0v) is 8.23. The highest BCUT2D eigenvalue weighted by molar-refractivity contribution is 5.77. The molecule has 1 atom stereocenters. The zero-order chi connectivity index (χ0) is 10.9. The Morgan fingerprint density at radius 1 is 1.31 bits per heavy atom. The van der Waals surface area contributed by atoms with Crippen LogP contribution >= 0.6 is 0 Å². The van der Waals surface area contributed by atoms with Gasteiger partial charge in [0.2, 0.25) is 0 Å². The van der Waals surface area contributed by atoms with E-state index in [4.69, 9.17) is 5.73 Å². The van der Waals surface area contributed by atoms with Gasteiger partial charge in [0.25, 0.3) is 5.92 Å². The lowest BCUT2D eigenvalue weighted by Gasteiger charge is -2.24. The number of esters is 1. The van der Waals surface area contributed by atoms with Gasteiger partial charge in [-0.1, -0.05) is 0 Å². The average Bonchev–Trinajstić information content (AvgIpc) is 1.79. The Labute approximate surface area is 76.2 Å². The number of halogens is 2. The molecule has 0 heterocycles. The van der Waals surface area contributed by atoms with E-state index in [1.807, 2.05) is 0 Å². The monoisotopic (exact) mass is 195 g/mol. The van der Waals surface area contributed by atoms with E-state index in [0.29, 0.717) is 6.92 Å². The van der Waals surface area contributed by atoms with Crippen molar-refractivity contribution in [1.82, 2.24) is 0 Å². The molecule has 13 heavy (non-hydrogen) atoms. The topological polar surface area (TPSA) is 52.3 Å². The molecule has 3 nitrogen and oxygen atoms in total. The standard InChI is InChI=1S/C8H15F2NO2/c1-7(2,3)13-6(12)5(11)8(4,9)10/h5H,11H2,1-4H3. The molecule has 0 saturated heterocycles. The third-order valence-electron chi connectivity index (χ3n) is 1.21. The van der Waals surface area contributed by atoms with Crippen LogP contribution < -0.4 is 5.73 Å². The van der Waals surface area contributed by atoms with Gasteiger partial charge in [-0.15, -0.1) is 0 Å². The van der Waals surface area contributed by atoms with Crippen molar-refractivity contribution in [3.8, 4) is 0 Å². The van der Waals surface area contributed by atoms with Crippen LogP contribution in [-0.2, 0) is 9.53 Å². The average molecular weight is 195 g/mol. The predicted octanol–water partition coefficient (Wildman–Crippen LogP) is 1.31. The van der Waals surface area contributed by atoms with Gasteiger partial charge < -0.3 is 10.5 Å². The summed E-state index contributed by atoms with van der Waals surface area (Å²) >= 11 is 0. The van der Waals surface area contributed by atoms with Crippen molar-refractivity contribution < 1.29 is 18.3 Å². The molecule has 5 heteroatoms. The Balaban J connectivity index is 4.30. The number of nitrogens with two attached hydrogens (primary N) is 1. The molecule has 0 fully saturated rings. The number of hydrogen-bond donors (Lipinski definition) is 1. The molecule has 0 aromatic rings. The Bertz CT molecular complexity index is 193. The second kappa shape index (κ2) is 3.57. The summed E-state index contributed by atoms with van der Waals surface area (Å²) in [5.41, 5.74) is 4.19. The van der Waals surface area contributed by atoms with Crippen LogP contribution in [0.3, 0.4) is 0 Å². The van der Waals surface area contributed by atoms with Crippen molar-refractivity contribution >= 4 is 5.97 Å². The van der Waals surface area contributed by atoms with E-state index >= 15 is 0 Å². The van der Waals surface area contributed by atoms with Crippen LogP contribution in [0.5, 0.6) is 0 Å². The van der Waals surface area contributed by atoms with E-state index in [1.54, 1.807) is 20.8 Å². The Kier molecular flexibility index (Phi) is 3.38. The van der Waals surface area contributed by atoms with E-state index in [0.717, 1.165) is 0 Å². The van der Waals surface area contributed by atoms with Crippen LogP contribution in [0.4, 0.5) is 8.78 Å². The molecule has 0 aliphatic heterocycles. The number of hydrogen-bond acceptors (Lipinski definition) is 3. The molecule has 0 aliphatic carbocycles. The van der Waals surface area contributed by atoms with Crippen molar-refractivity contribution in [1.29, 1.82) is 0 Å². The molecular weight excluding hydrogens is 180 g/mol. The first-order valence-corrected chi connectivity index (χ1v) is 3.90. The maximum absolute atomic E-state index is 12.5. The van der Waals surface area contributed by atoms with E-state index in [1.165, 1.54) is 0 Å². The number of ether oxygens (including phenoxy) is 1. The van der Waals surface area contributed by atoms with Crippen molar-refractivity contribution in [3.05, 3.63) is 0 Å². The largest absolute Gasteiger partial charge is 0.459 e. The summed E-state index contributed by atoms with van der Waals surface area (Å²) in [5.74, 6) is -4.33. The molecule has 0 spiro atoms. The van der Waals surface area contributed by atoms with Gasteiger partial charge >= 0.3 is 5.97 Å². The van der Waals surface area contributed by atoms with Crippen molar-refractivity contribution in [2.75, 3.05) is 0 Å². The zero-order valence-electron chi connectivity index (χ0n) is 8.23. The molecule has 78 valence electrons. The molecule has 0 aromatic carbocycles. The van der Waals surface area contributed by atoms with Gasteiger partial charge in [-0.25, -0.2) is 8.78 Å². The van der Waals surface area contributed by atoms with Crippen molar-refractivity contribution in [2.24, 2.45) is 5.73 Å². The van der Waals surface area contributed by atoms with Crippen LogP contribution in [0, 0.1) is 0 Å². The van der Waals surface area contributed by atoms with Gasteiger partial charge in [0, 0.05) is 6.92 Å². The number of alkyl halides is 2. The molecule has 0 bridgehead atoms. The quantitative estimate of drug-likeness (QED) is 0.676. The first-order chi connectivity index (χ1) is 5.54. The minimum atomic E-state index is -3.25. The lowest BCUT2D eigenvalue weighted by molar-refractivity contribution is -0.164. The first kappa shape index (κ1) is 12.3. The predicted molar refractivity (Wildman–Crippen MR) is 44.4 cm³/mol. The highest BCUT2D eigenvalue weighted by Crippen LogP contribution is 2.18. The van der Waals surface area contributed by atoms with Crippen molar-refractivity contribution in [2.45, 2.75) is 45.3 Å². The van der Waals surface area contributed by atoms with Crippen molar-refractivity contribution in [3.63, 3.8) is 0 Å². The normalized spacial score (nSPS) is 15.3. The molecule has 0 radical (unpaired) electrons. The number of rotatable bonds is 2. The van der Waals surface area contributed by atoms with Gasteiger partial charge in [0.15, 0.2) is 6.04 Å². The highest BCUT2D eigenvalue weighted by atomic mass is 19.3. The van der Waals surface area contributed by atoms with Gasteiger partial charge in [0.1, 0.15) is 5.60 Å². The summed E-state index contributed by atoms with van der Waals surface area (Å²) in [6.45, 7) is 5.35. The van der Waals surface area contributed by atoms with Gasteiger partial charge in [-0.3, -0.25) is 4.79 Å². The second-order valence-electron chi connectivity index (χ2n) is 3.97. The van der Waals surface area contributed by atoms with Gasteiger partial charge in [0.05, 0.1) is 0 Å². The summed E-state index contributed by atoms with van der Waals surface area (Å²) in [7, 11) is 0.